The molecule has 1 aromatic heterocycles. The molecular weight excluding hydrogens is 553 g/mol. The molecule has 1 N–H and O–H groups in total. The molecule has 12 heteroatoms. The van der Waals surface area contributed by atoms with Crippen molar-refractivity contribution < 1.29 is 28.6 Å². The molecule has 0 saturated carbocycles. The van der Waals surface area contributed by atoms with Crippen molar-refractivity contribution in [3.8, 4) is 22.8 Å². The number of ether oxygens (including phenoxy) is 2. The molecule has 0 radical (unpaired) electrons. The predicted molar refractivity (Wildman–Crippen MR) is 153 cm³/mol. The molecule has 0 spiro atoms. The quantitative estimate of drug-likeness (QED) is 0.556. The maximum atomic E-state index is 15.1. The van der Waals surface area contributed by atoms with Crippen LogP contribution in [0.4, 0.5) is 15.0 Å². The molecule has 4 heterocycles. The molecule has 3 atom stereocenters. The Bertz CT molecular complexity index is 1340. The van der Waals surface area contributed by atoms with Gasteiger partial charge in [-0.25, -0.2) is 14.2 Å². The second-order valence-corrected chi connectivity index (χ2v) is 12.5. The number of pyridine rings is 1. The highest BCUT2D eigenvalue weighted by Crippen LogP contribution is 2.46. The van der Waals surface area contributed by atoms with Gasteiger partial charge in [-0.2, -0.15) is 0 Å². The van der Waals surface area contributed by atoms with Gasteiger partial charge in [-0.1, -0.05) is 17.7 Å². The van der Waals surface area contributed by atoms with Crippen LogP contribution in [0.1, 0.15) is 45.0 Å². The minimum atomic E-state index is -0.699. The summed E-state index contributed by atoms with van der Waals surface area (Å²) in [5.41, 5.74) is -0.618. The van der Waals surface area contributed by atoms with Gasteiger partial charge < -0.3 is 34.2 Å². The molecule has 0 bridgehead atoms. The lowest BCUT2D eigenvalue weighted by Crippen LogP contribution is -2.59. The summed E-state index contributed by atoms with van der Waals surface area (Å²) in [5.74, 6) is -0.921. The number of nitrogens with zero attached hydrogens (tertiary/aromatic N) is 5. The molecule has 0 aliphatic carbocycles. The monoisotopic (exact) mass is 589 g/mol. The van der Waals surface area contributed by atoms with Crippen LogP contribution in [0.2, 0.25) is 5.02 Å². The van der Waals surface area contributed by atoms with Gasteiger partial charge >= 0.3 is 6.09 Å². The van der Waals surface area contributed by atoms with Crippen LogP contribution in [0.15, 0.2) is 18.2 Å². The average Bonchev–Trinajstić information content (AvgIpc) is 3.01. The standard InChI is InChI=1S/C29H37ClFN5O5/c1-16-12-33(6)13-17(2)36(16)26-22-25(23(30)24(32-26)21-19(31)8-7-9-20(21)37)40-15-18-14-34(10-11-35(18)27(22)38)28(39)41-29(3,4)5/h7-9,16-18,37H,10-15H2,1-6H3/t16-,17+,18-/m1/s1. The van der Waals surface area contributed by atoms with Crippen molar-refractivity contribution in [3.05, 3.63) is 34.6 Å². The summed E-state index contributed by atoms with van der Waals surface area (Å²) in [7, 11) is 2.03. The molecule has 41 heavy (non-hydrogen) atoms. The topological polar surface area (TPSA) is 98.7 Å². The van der Waals surface area contributed by atoms with Crippen molar-refractivity contribution >= 4 is 29.4 Å². The molecule has 2 aromatic rings. The van der Waals surface area contributed by atoms with Gasteiger partial charge in [-0.3, -0.25) is 4.79 Å². The van der Waals surface area contributed by atoms with E-state index in [4.69, 9.17) is 26.1 Å². The number of anilines is 1. The second kappa shape index (κ2) is 10.8. The van der Waals surface area contributed by atoms with Gasteiger partial charge in [-0.15, -0.1) is 0 Å². The molecule has 3 aliphatic heterocycles. The summed E-state index contributed by atoms with van der Waals surface area (Å²) in [6, 6.07) is 3.43. The van der Waals surface area contributed by atoms with Gasteiger partial charge in [0.05, 0.1) is 11.6 Å². The van der Waals surface area contributed by atoms with Crippen LogP contribution < -0.4 is 9.64 Å². The fourth-order valence-corrected chi connectivity index (χ4v) is 6.33. The zero-order valence-electron chi connectivity index (χ0n) is 24.3. The number of phenols is 1. The Morgan fingerprint density at radius 3 is 2.46 bits per heavy atom. The Balaban J connectivity index is 1.62. The van der Waals surface area contributed by atoms with Gasteiger partial charge in [0.2, 0.25) is 0 Å². The zero-order chi connectivity index (χ0) is 29.8. The summed E-state index contributed by atoms with van der Waals surface area (Å²) >= 11 is 6.85. The molecule has 5 rings (SSSR count). The summed E-state index contributed by atoms with van der Waals surface area (Å²) in [5, 5.41) is 10.6. The van der Waals surface area contributed by atoms with Gasteiger partial charge in [-0.05, 0) is 53.8 Å². The Kier molecular flexibility index (Phi) is 7.71. The smallest absolute Gasteiger partial charge is 0.410 e. The predicted octanol–water partition coefficient (Wildman–Crippen LogP) is 4.23. The number of likely N-dealkylation sites (N-methyl/N-ethyl adjacent to an activating group) is 1. The number of aromatic nitrogens is 1. The van der Waals surface area contributed by atoms with Gasteiger partial charge in [0.1, 0.15) is 45.9 Å². The third-order valence-corrected chi connectivity index (χ3v) is 8.03. The van der Waals surface area contributed by atoms with E-state index >= 15 is 4.39 Å². The Hall–Kier alpha value is -3.31. The third kappa shape index (κ3) is 5.49. The van der Waals surface area contributed by atoms with Crippen molar-refractivity contribution in [2.75, 3.05) is 51.3 Å². The van der Waals surface area contributed by atoms with E-state index in [0.29, 0.717) is 12.4 Å². The molecule has 3 aliphatic rings. The summed E-state index contributed by atoms with van der Waals surface area (Å²) in [6.07, 6.45) is -0.454. The number of halogens is 2. The number of amides is 2. The number of carbonyl (C=O) groups excluding carboxylic acids is 2. The van der Waals surface area contributed by atoms with Crippen LogP contribution in [0, 0.1) is 5.82 Å². The maximum absolute atomic E-state index is 15.1. The summed E-state index contributed by atoms with van der Waals surface area (Å²) in [6.45, 7) is 11.8. The fourth-order valence-electron chi connectivity index (χ4n) is 6.04. The third-order valence-electron chi connectivity index (χ3n) is 7.68. The Morgan fingerprint density at radius 2 is 1.83 bits per heavy atom. The van der Waals surface area contributed by atoms with Gasteiger partial charge in [0.15, 0.2) is 5.75 Å². The van der Waals surface area contributed by atoms with Crippen molar-refractivity contribution in [3.63, 3.8) is 0 Å². The molecule has 2 fully saturated rings. The van der Waals surface area contributed by atoms with Crippen LogP contribution in [-0.2, 0) is 4.74 Å². The lowest BCUT2D eigenvalue weighted by atomic mass is 10.0. The van der Waals surface area contributed by atoms with E-state index in [1.807, 2.05) is 20.9 Å². The van der Waals surface area contributed by atoms with E-state index in [0.717, 1.165) is 13.1 Å². The van der Waals surface area contributed by atoms with E-state index in [2.05, 4.69) is 9.80 Å². The van der Waals surface area contributed by atoms with Gasteiger partial charge in [0.25, 0.3) is 5.91 Å². The van der Waals surface area contributed by atoms with Crippen LogP contribution >= 0.6 is 11.6 Å². The highest BCUT2D eigenvalue weighted by atomic mass is 35.5. The highest BCUT2D eigenvalue weighted by molar-refractivity contribution is 6.35. The molecule has 0 unspecified atom stereocenters. The minimum Gasteiger partial charge on any atom is -0.507 e. The molecular formula is C29H37ClFN5O5. The molecule has 2 saturated heterocycles. The van der Waals surface area contributed by atoms with Crippen LogP contribution in [-0.4, -0.2) is 107 Å². The number of hydrogen-bond acceptors (Lipinski definition) is 8. The Labute approximate surface area is 244 Å². The van der Waals surface area contributed by atoms with Crippen molar-refractivity contribution in [2.24, 2.45) is 0 Å². The second-order valence-electron chi connectivity index (χ2n) is 12.2. The minimum absolute atomic E-state index is 0.00241. The van der Waals surface area contributed by atoms with Crippen LogP contribution in [0.25, 0.3) is 11.3 Å². The number of phenolic OH excluding ortho intramolecular Hbond substituents is 1. The molecule has 10 nitrogen and oxygen atoms in total. The lowest BCUT2D eigenvalue weighted by molar-refractivity contribution is 0.000949. The van der Waals surface area contributed by atoms with Crippen LogP contribution in [0.3, 0.4) is 0 Å². The first-order valence-corrected chi connectivity index (χ1v) is 14.2. The first-order chi connectivity index (χ1) is 19.3. The number of benzene rings is 1. The summed E-state index contributed by atoms with van der Waals surface area (Å²) in [4.78, 5) is 39.4. The number of aromatic hydroxyl groups is 1. The fraction of sp³-hybridized carbons (Fsp3) is 0.552. The van der Waals surface area contributed by atoms with Crippen molar-refractivity contribution in [1.82, 2.24) is 19.7 Å². The largest absolute Gasteiger partial charge is 0.507 e. The van der Waals surface area contributed by atoms with E-state index in [9.17, 15) is 14.7 Å². The molecule has 1 aromatic carbocycles. The SMILES string of the molecule is C[C@@H]1CN(C)C[C@H](C)N1c1nc(-c2c(O)cccc2F)c(Cl)c2c1C(=O)N1CCN(C(=O)OC(C)(C)C)C[C@@H]1CO2. The molecule has 2 amide bonds. The first kappa shape index (κ1) is 29.2. The number of piperazine rings is 2. The van der Waals surface area contributed by atoms with E-state index in [1.165, 1.54) is 18.2 Å². The normalized spacial score (nSPS) is 23.5. The van der Waals surface area contributed by atoms with E-state index in [1.54, 1.807) is 30.6 Å². The number of fused-ring (bicyclic) bond motifs is 2. The average molecular weight is 590 g/mol. The number of carbonyl (C=O) groups is 2. The van der Waals surface area contributed by atoms with Crippen molar-refractivity contribution in [1.29, 1.82) is 0 Å². The molecule has 222 valence electrons. The number of hydrogen-bond donors (Lipinski definition) is 1. The van der Waals surface area contributed by atoms with Crippen molar-refractivity contribution in [2.45, 2.75) is 58.3 Å². The van der Waals surface area contributed by atoms with Crippen LogP contribution in [0.5, 0.6) is 11.5 Å². The number of rotatable bonds is 2. The summed E-state index contributed by atoms with van der Waals surface area (Å²) < 4.78 is 26.9. The first-order valence-electron chi connectivity index (χ1n) is 13.9. The highest BCUT2D eigenvalue weighted by Gasteiger charge is 2.43. The lowest BCUT2D eigenvalue weighted by Gasteiger charge is -2.45. The Morgan fingerprint density at radius 1 is 1.15 bits per heavy atom. The van der Waals surface area contributed by atoms with Gasteiger partial charge in [0, 0.05) is 44.8 Å². The maximum Gasteiger partial charge on any atom is 0.410 e. The van der Waals surface area contributed by atoms with E-state index < -0.39 is 23.6 Å². The van der Waals surface area contributed by atoms with E-state index in [-0.39, 0.29) is 71.0 Å². The zero-order valence-corrected chi connectivity index (χ0v) is 25.0.